The van der Waals surface area contributed by atoms with Crippen LogP contribution in [-0.4, -0.2) is 18.2 Å². The predicted octanol–water partition coefficient (Wildman–Crippen LogP) is 4.68. The molecule has 0 radical (unpaired) electrons. The number of carboxylic acid groups (broad SMARTS) is 1. The van der Waals surface area contributed by atoms with Crippen LogP contribution in [0.1, 0.15) is 51.5 Å². The zero-order valence-electron chi connectivity index (χ0n) is 14.8. The van der Waals surface area contributed by atoms with Crippen molar-refractivity contribution in [3.05, 3.63) is 58.1 Å². The monoisotopic (exact) mass is 357 g/mol. The van der Waals surface area contributed by atoms with Crippen LogP contribution in [0.2, 0.25) is 0 Å². The summed E-state index contributed by atoms with van der Waals surface area (Å²) in [6.45, 7) is 4.16. The van der Waals surface area contributed by atoms with Crippen molar-refractivity contribution in [2.75, 3.05) is 7.11 Å². The van der Waals surface area contributed by atoms with E-state index in [9.17, 15) is 9.90 Å². The first kappa shape index (κ1) is 17.8. The molecule has 1 unspecified atom stereocenters. The van der Waals surface area contributed by atoms with Gasteiger partial charge in [0.05, 0.1) is 12.7 Å². The van der Waals surface area contributed by atoms with E-state index in [1.807, 2.05) is 24.3 Å². The van der Waals surface area contributed by atoms with Gasteiger partial charge >= 0.3 is 5.97 Å². The molecule has 1 aliphatic carbocycles. The fraction of sp³-hybridized carbons (Fsp3) is 0.350. The van der Waals surface area contributed by atoms with Gasteiger partial charge in [-0.3, -0.25) is 4.72 Å². The van der Waals surface area contributed by atoms with Gasteiger partial charge in [0.1, 0.15) is 5.75 Å². The number of hydrogen-bond donors (Lipinski definition) is 2. The highest BCUT2D eigenvalue weighted by Gasteiger charge is 2.22. The van der Waals surface area contributed by atoms with Crippen LogP contribution in [-0.2, 0) is 6.42 Å². The lowest BCUT2D eigenvalue weighted by Crippen LogP contribution is -2.21. The normalized spacial score (nSPS) is 16.4. The Morgan fingerprint density at radius 2 is 1.96 bits per heavy atom. The number of carbonyl (C=O) groups is 1. The summed E-state index contributed by atoms with van der Waals surface area (Å²) in [5.74, 6) is -0.00455. The lowest BCUT2D eigenvalue weighted by Gasteiger charge is -2.27. The van der Waals surface area contributed by atoms with Crippen molar-refractivity contribution in [3.8, 4) is 5.75 Å². The Morgan fingerprint density at radius 3 is 2.60 bits per heavy atom. The molecular weight excluding hydrogens is 334 g/mol. The molecule has 0 spiro atoms. The molecule has 0 aliphatic heterocycles. The summed E-state index contributed by atoms with van der Waals surface area (Å²) < 4.78 is 8.88. The Bertz CT molecular complexity index is 781. The Hall–Kier alpha value is -1.98. The first-order chi connectivity index (χ1) is 12.0. The van der Waals surface area contributed by atoms with Gasteiger partial charge in [0.25, 0.3) is 0 Å². The maximum absolute atomic E-state index is 11.3. The number of ether oxygens (including phenoxy) is 1. The van der Waals surface area contributed by atoms with Crippen molar-refractivity contribution in [3.63, 3.8) is 0 Å². The smallest absolute Gasteiger partial charge is 0.335 e. The van der Waals surface area contributed by atoms with E-state index in [1.165, 1.54) is 21.6 Å². The Balaban J connectivity index is 1.82. The molecule has 2 aromatic rings. The standard InChI is InChI=1S/C20H23NO3S/c1-12-9-16(24-3)10-13(2)19(12)25-21-18-6-4-5-14-7-8-15(20(22)23)11-17(14)18/h7-11,18,21H,4-6H2,1-3H3,(H,22,23). The summed E-state index contributed by atoms with van der Waals surface area (Å²) in [6, 6.07) is 9.72. The van der Waals surface area contributed by atoms with Gasteiger partial charge in [0.2, 0.25) is 0 Å². The number of carboxylic acids is 1. The minimum Gasteiger partial charge on any atom is -0.497 e. The number of aryl methyl sites for hydroxylation is 3. The highest BCUT2D eigenvalue weighted by Crippen LogP contribution is 2.35. The van der Waals surface area contributed by atoms with Crippen molar-refractivity contribution in [2.24, 2.45) is 0 Å². The first-order valence-electron chi connectivity index (χ1n) is 8.43. The van der Waals surface area contributed by atoms with Gasteiger partial charge in [0.15, 0.2) is 0 Å². The molecule has 0 fully saturated rings. The minimum absolute atomic E-state index is 0.161. The van der Waals surface area contributed by atoms with E-state index in [1.54, 1.807) is 25.1 Å². The molecule has 2 aromatic carbocycles. The van der Waals surface area contributed by atoms with Gasteiger partial charge < -0.3 is 9.84 Å². The number of benzene rings is 2. The summed E-state index contributed by atoms with van der Waals surface area (Å²) in [6.07, 6.45) is 3.13. The first-order valence-corrected chi connectivity index (χ1v) is 9.25. The Morgan fingerprint density at radius 1 is 1.24 bits per heavy atom. The number of fused-ring (bicyclic) bond motifs is 1. The Kier molecular flexibility index (Phi) is 5.35. The fourth-order valence-electron chi connectivity index (χ4n) is 3.37. The SMILES string of the molecule is COc1cc(C)c(SNC2CCCc3ccc(C(=O)O)cc32)c(C)c1. The average molecular weight is 357 g/mol. The van der Waals surface area contributed by atoms with E-state index < -0.39 is 5.97 Å². The highest BCUT2D eigenvalue weighted by molar-refractivity contribution is 7.97. The summed E-state index contributed by atoms with van der Waals surface area (Å²) in [5.41, 5.74) is 5.06. The predicted molar refractivity (Wildman–Crippen MR) is 101 cm³/mol. The molecule has 2 N–H and O–H groups in total. The van der Waals surface area contributed by atoms with Crippen LogP contribution < -0.4 is 9.46 Å². The third-order valence-corrected chi connectivity index (χ3v) is 5.93. The number of rotatable bonds is 5. The molecule has 4 nitrogen and oxygen atoms in total. The van der Waals surface area contributed by atoms with Crippen LogP contribution in [0.3, 0.4) is 0 Å². The van der Waals surface area contributed by atoms with Crippen molar-refractivity contribution in [2.45, 2.75) is 44.0 Å². The zero-order chi connectivity index (χ0) is 18.0. The second kappa shape index (κ2) is 7.50. The van der Waals surface area contributed by atoms with E-state index in [2.05, 4.69) is 18.6 Å². The molecule has 0 bridgehead atoms. The van der Waals surface area contributed by atoms with Crippen molar-refractivity contribution in [1.82, 2.24) is 4.72 Å². The van der Waals surface area contributed by atoms with E-state index in [-0.39, 0.29) is 6.04 Å². The van der Waals surface area contributed by atoms with Gasteiger partial charge in [-0.1, -0.05) is 6.07 Å². The van der Waals surface area contributed by atoms with Gasteiger partial charge in [-0.2, -0.15) is 0 Å². The molecule has 5 heteroatoms. The molecule has 1 aliphatic rings. The third kappa shape index (κ3) is 3.83. The van der Waals surface area contributed by atoms with E-state index in [4.69, 9.17) is 4.74 Å². The molecule has 0 saturated carbocycles. The number of methoxy groups -OCH3 is 1. The lowest BCUT2D eigenvalue weighted by atomic mass is 9.87. The lowest BCUT2D eigenvalue weighted by molar-refractivity contribution is 0.0696. The topological polar surface area (TPSA) is 58.6 Å². The average Bonchev–Trinajstić information content (AvgIpc) is 2.60. The van der Waals surface area contributed by atoms with Crippen LogP contribution in [0.15, 0.2) is 35.2 Å². The molecule has 0 aromatic heterocycles. The van der Waals surface area contributed by atoms with Crippen LogP contribution in [0.5, 0.6) is 5.75 Å². The van der Waals surface area contributed by atoms with Gasteiger partial charge in [-0.25, -0.2) is 4.79 Å². The van der Waals surface area contributed by atoms with Gasteiger partial charge in [-0.15, -0.1) is 0 Å². The van der Waals surface area contributed by atoms with E-state index >= 15 is 0 Å². The van der Waals surface area contributed by atoms with Crippen LogP contribution in [0.25, 0.3) is 0 Å². The zero-order valence-corrected chi connectivity index (χ0v) is 15.6. The summed E-state index contributed by atoms with van der Waals surface area (Å²) >= 11 is 1.62. The second-order valence-corrected chi connectivity index (χ2v) is 7.32. The molecule has 0 heterocycles. The summed E-state index contributed by atoms with van der Waals surface area (Å²) in [5, 5.41) is 9.27. The van der Waals surface area contributed by atoms with E-state index in [0.717, 1.165) is 30.6 Å². The fourth-order valence-corrected chi connectivity index (χ4v) is 4.32. The van der Waals surface area contributed by atoms with Crippen molar-refractivity contribution in [1.29, 1.82) is 0 Å². The molecule has 1 atom stereocenters. The molecular formula is C20H23NO3S. The molecule has 0 saturated heterocycles. The van der Waals surface area contributed by atoms with Crippen LogP contribution in [0.4, 0.5) is 0 Å². The van der Waals surface area contributed by atoms with Gasteiger partial charge in [-0.05, 0) is 91.6 Å². The molecule has 0 amide bonds. The second-order valence-electron chi connectivity index (χ2n) is 6.47. The van der Waals surface area contributed by atoms with Crippen molar-refractivity contribution < 1.29 is 14.6 Å². The quantitative estimate of drug-likeness (QED) is 0.761. The van der Waals surface area contributed by atoms with Gasteiger partial charge in [0, 0.05) is 10.9 Å². The highest BCUT2D eigenvalue weighted by atomic mass is 32.2. The summed E-state index contributed by atoms with van der Waals surface area (Å²) in [4.78, 5) is 12.5. The minimum atomic E-state index is -0.874. The van der Waals surface area contributed by atoms with E-state index in [0.29, 0.717) is 5.56 Å². The van der Waals surface area contributed by atoms with Crippen LogP contribution in [0, 0.1) is 13.8 Å². The largest absolute Gasteiger partial charge is 0.497 e. The molecule has 3 rings (SSSR count). The van der Waals surface area contributed by atoms with Crippen molar-refractivity contribution >= 4 is 17.9 Å². The molecule has 25 heavy (non-hydrogen) atoms. The van der Waals surface area contributed by atoms with Crippen LogP contribution >= 0.6 is 11.9 Å². The maximum Gasteiger partial charge on any atom is 0.335 e. The maximum atomic E-state index is 11.3. The Labute approximate surface area is 152 Å². The third-order valence-electron chi connectivity index (χ3n) is 4.68. The summed E-state index contributed by atoms with van der Waals surface area (Å²) in [7, 11) is 1.68. The number of hydrogen-bond acceptors (Lipinski definition) is 4. The number of aromatic carboxylic acids is 1. The number of nitrogens with one attached hydrogen (secondary N) is 1. The molecule has 132 valence electrons.